The molecule has 1 aromatic heterocycles. The molecule has 0 aliphatic rings. The summed E-state index contributed by atoms with van der Waals surface area (Å²) in [7, 11) is 0. The highest BCUT2D eigenvalue weighted by Gasteiger charge is 2.10. The second-order valence-electron chi connectivity index (χ2n) is 4.08. The number of anilines is 1. The fraction of sp³-hybridized carbons (Fsp3) is 0.133. The number of carbonyl (C=O) groups is 1. The van der Waals surface area contributed by atoms with Crippen molar-refractivity contribution >= 4 is 22.9 Å². The van der Waals surface area contributed by atoms with Crippen molar-refractivity contribution in [3.8, 4) is 11.8 Å². The van der Waals surface area contributed by atoms with Gasteiger partial charge in [0.25, 0.3) is 5.91 Å². The van der Waals surface area contributed by atoms with E-state index in [-0.39, 0.29) is 18.3 Å². The minimum absolute atomic E-state index is 0.274. The molecular weight excluding hydrogens is 275 g/mol. The summed E-state index contributed by atoms with van der Waals surface area (Å²) in [6.07, 6.45) is 0. The molecular formula is C15H13FN2OS. The molecule has 2 rings (SSSR count). The summed E-state index contributed by atoms with van der Waals surface area (Å²) in [5.41, 5.74) is 6.57. The number of amides is 1. The summed E-state index contributed by atoms with van der Waals surface area (Å²) in [5.74, 6) is 4.94. The van der Waals surface area contributed by atoms with E-state index < -0.39 is 0 Å². The standard InChI is InChI=1S/C15H13FN2OS/c1-10-4-5-11(16)9-13(10)18-15(19)14-7-6-12(20-14)3-2-8-17/h4-7,9H,8,17H2,1H3,(H,18,19). The van der Waals surface area contributed by atoms with Crippen LogP contribution in [0.1, 0.15) is 20.1 Å². The van der Waals surface area contributed by atoms with Gasteiger partial charge < -0.3 is 11.1 Å². The predicted octanol–water partition coefficient (Wildman–Crippen LogP) is 2.76. The number of benzene rings is 1. The van der Waals surface area contributed by atoms with Gasteiger partial charge in [-0.15, -0.1) is 11.3 Å². The first-order chi connectivity index (χ1) is 9.60. The molecule has 2 aromatic rings. The average molecular weight is 288 g/mol. The Morgan fingerprint density at radius 1 is 1.40 bits per heavy atom. The smallest absolute Gasteiger partial charge is 0.265 e. The highest BCUT2D eigenvalue weighted by Crippen LogP contribution is 2.20. The van der Waals surface area contributed by atoms with Crippen molar-refractivity contribution in [1.29, 1.82) is 0 Å². The van der Waals surface area contributed by atoms with E-state index in [2.05, 4.69) is 17.2 Å². The van der Waals surface area contributed by atoms with Gasteiger partial charge in [0, 0.05) is 5.69 Å². The van der Waals surface area contributed by atoms with Crippen LogP contribution in [0.3, 0.4) is 0 Å². The van der Waals surface area contributed by atoms with Crippen molar-refractivity contribution in [2.45, 2.75) is 6.92 Å². The molecule has 0 aliphatic heterocycles. The number of nitrogens with one attached hydrogen (secondary N) is 1. The van der Waals surface area contributed by atoms with E-state index in [4.69, 9.17) is 5.73 Å². The molecule has 0 spiro atoms. The Morgan fingerprint density at radius 2 is 2.20 bits per heavy atom. The van der Waals surface area contributed by atoms with Gasteiger partial charge in [-0.25, -0.2) is 4.39 Å². The third-order valence-corrected chi connectivity index (χ3v) is 3.59. The Kier molecular flexibility index (Phi) is 4.51. The molecule has 102 valence electrons. The minimum Gasteiger partial charge on any atom is -0.321 e. The zero-order valence-corrected chi connectivity index (χ0v) is 11.7. The Labute approximate surface area is 120 Å². The largest absolute Gasteiger partial charge is 0.321 e. The molecule has 1 amide bonds. The number of nitrogens with two attached hydrogens (primary N) is 1. The zero-order chi connectivity index (χ0) is 14.5. The molecule has 0 atom stereocenters. The molecule has 0 bridgehead atoms. The number of carbonyl (C=O) groups excluding carboxylic acids is 1. The van der Waals surface area contributed by atoms with E-state index in [9.17, 15) is 9.18 Å². The molecule has 0 saturated heterocycles. The van der Waals surface area contributed by atoms with Crippen molar-refractivity contribution in [2.24, 2.45) is 5.73 Å². The minimum atomic E-state index is -0.383. The summed E-state index contributed by atoms with van der Waals surface area (Å²) >= 11 is 1.28. The van der Waals surface area contributed by atoms with Crippen LogP contribution >= 0.6 is 11.3 Å². The third kappa shape index (κ3) is 3.44. The number of hydrogen-bond donors (Lipinski definition) is 2. The number of aryl methyl sites for hydroxylation is 1. The van der Waals surface area contributed by atoms with Crippen molar-refractivity contribution in [3.05, 3.63) is 51.5 Å². The van der Waals surface area contributed by atoms with E-state index in [1.807, 2.05) is 6.92 Å². The first-order valence-corrected chi connectivity index (χ1v) is 6.78. The molecule has 20 heavy (non-hydrogen) atoms. The first kappa shape index (κ1) is 14.3. The van der Waals surface area contributed by atoms with Gasteiger partial charge in [-0.05, 0) is 36.8 Å². The van der Waals surface area contributed by atoms with Crippen LogP contribution < -0.4 is 11.1 Å². The summed E-state index contributed by atoms with van der Waals surface area (Å²) < 4.78 is 13.2. The topological polar surface area (TPSA) is 55.1 Å². The summed E-state index contributed by atoms with van der Waals surface area (Å²) in [6.45, 7) is 2.09. The Hall–Kier alpha value is -2.16. The molecule has 0 aliphatic carbocycles. The van der Waals surface area contributed by atoms with E-state index in [1.165, 1.54) is 23.5 Å². The van der Waals surface area contributed by atoms with Gasteiger partial charge in [0.15, 0.2) is 0 Å². The molecule has 5 heteroatoms. The van der Waals surface area contributed by atoms with Crippen LogP contribution in [-0.4, -0.2) is 12.5 Å². The average Bonchev–Trinajstić information content (AvgIpc) is 2.89. The lowest BCUT2D eigenvalue weighted by atomic mass is 10.2. The second-order valence-corrected chi connectivity index (χ2v) is 5.17. The number of thiophene rings is 1. The van der Waals surface area contributed by atoms with Crippen LogP contribution in [-0.2, 0) is 0 Å². The molecule has 0 saturated carbocycles. The highest BCUT2D eigenvalue weighted by molar-refractivity contribution is 7.14. The maximum Gasteiger partial charge on any atom is 0.265 e. The number of halogens is 1. The molecule has 0 unspecified atom stereocenters. The van der Waals surface area contributed by atoms with Crippen LogP contribution in [0.5, 0.6) is 0 Å². The predicted molar refractivity (Wildman–Crippen MR) is 79.3 cm³/mol. The van der Waals surface area contributed by atoms with Crippen LogP contribution in [0.2, 0.25) is 0 Å². The van der Waals surface area contributed by atoms with Crippen molar-refractivity contribution in [2.75, 3.05) is 11.9 Å². The fourth-order valence-electron chi connectivity index (χ4n) is 1.58. The summed E-state index contributed by atoms with van der Waals surface area (Å²) in [5, 5.41) is 2.70. The van der Waals surface area contributed by atoms with Gasteiger partial charge in [0.1, 0.15) is 5.82 Å². The first-order valence-electron chi connectivity index (χ1n) is 5.96. The summed E-state index contributed by atoms with van der Waals surface area (Å²) in [6, 6.07) is 7.74. The maximum atomic E-state index is 13.2. The van der Waals surface area contributed by atoms with Crippen LogP contribution in [0.15, 0.2) is 30.3 Å². The van der Waals surface area contributed by atoms with E-state index in [0.717, 1.165) is 10.4 Å². The van der Waals surface area contributed by atoms with Crippen LogP contribution in [0.25, 0.3) is 0 Å². The molecule has 3 N–H and O–H groups in total. The van der Waals surface area contributed by atoms with Crippen LogP contribution in [0.4, 0.5) is 10.1 Å². The maximum absolute atomic E-state index is 13.2. The molecule has 1 heterocycles. The highest BCUT2D eigenvalue weighted by atomic mass is 32.1. The monoisotopic (exact) mass is 288 g/mol. The van der Waals surface area contributed by atoms with Gasteiger partial charge in [-0.2, -0.15) is 0 Å². The SMILES string of the molecule is Cc1ccc(F)cc1NC(=O)c1ccc(C#CCN)s1. The van der Waals surface area contributed by atoms with E-state index in [1.54, 1.807) is 18.2 Å². The Bertz CT molecular complexity index is 697. The van der Waals surface area contributed by atoms with Crippen molar-refractivity contribution in [1.82, 2.24) is 0 Å². The summed E-state index contributed by atoms with van der Waals surface area (Å²) in [4.78, 5) is 13.4. The Balaban J connectivity index is 2.15. The third-order valence-electron chi connectivity index (χ3n) is 2.59. The molecule has 0 radical (unpaired) electrons. The van der Waals surface area contributed by atoms with Crippen LogP contribution in [0, 0.1) is 24.6 Å². The lowest BCUT2D eigenvalue weighted by Gasteiger charge is -2.07. The number of hydrogen-bond acceptors (Lipinski definition) is 3. The number of rotatable bonds is 2. The Morgan fingerprint density at radius 3 is 2.95 bits per heavy atom. The molecule has 0 fully saturated rings. The lowest BCUT2D eigenvalue weighted by molar-refractivity contribution is 0.103. The molecule has 3 nitrogen and oxygen atoms in total. The van der Waals surface area contributed by atoms with E-state index >= 15 is 0 Å². The molecule has 1 aromatic carbocycles. The van der Waals surface area contributed by atoms with Gasteiger partial charge in [0.2, 0.25) is 0 Å². The zero-order valence-electron chi connectivity index (χ0n) is 10.9. The lowest BCUT2D eigenvalue weighted by Crippen LogP contribution is -2.11. The van der Waals surface area contributed by atoms with Gasteiger partial charge in [-0.1, -0.05) is 17.9 Å². The van der Waals surface area contributed by atoms with Gasteiger partial charge >= 0.3 is 0 Å². The van der Waals surface area contributed by atoms with Crippen molar-refractivity contribution in [3.63, 3.8) is 0 Å². The quantitative estimate of drug-likeness (QED) is 0.835. The van der Waals surface area contributed by atoms with Gasteiger partial charge in [-0.3, -0.25) is 4.79 Å². The normalized spacial score (nSPS) is 9.75. The second kappa shape index (κ2) is 6.33. The van der Waals surface area contributed by atoms with Gasteiger partial charge in [0.05, 0.1) is 16.3 Å². The fourth-order valence-corrected chi connectivity index (χ4v) is 2.35. The van der Waals surface area contributed by atoms with E-state index in [0.29, 0.717) is 10.6 Å². The van der Waals surface area contributed by atoms with Crippen molar-refractivity contribution < 1.29 is 9.18 Å².